The van der Waals surface area contributed by atoms with Gasteiger partial charge in [0.1, 0.15) is 0 Å². The van der Waals surface area contributed by atoms with Gasteiger partial charge in [0, 0.05) is 17.7 Å². The quantitative estimate of drug-likeness (QED) is 0.539. The molecule has 0 amide bonds. The summed E-state index contributed by atoms with van der Waals surface area (Å²) in [6.45, 7) is 0.775. The highest BCUT2D eigenvalue weighted by Gasteiger charge is 2.22. The van der Waals surface area contributed by atoms with Gasteiger partial charge in [-0.25, -0.2) is 0 Å². The maximum atomic E-state index is 11.4. The molecule has 0 N–H and O–H groups in total. The molecule has 0 aromatic carbocycles. The fourth-order valence-corrected chi connectivity index (χ4v) is 2.49. The third kappa shape index (κ3) is 1.51. The van der Waals surface area contributed by atoms with Crippen molar-refractivity contribution < 1.29 is 9.53 Å². The molecule has 0 unspecified atom stereocenters. The predicted octanol–water partition coefficient (Wildman–Crippen LogP) is 2.10. The van der Waals surface area contributed by atoms with E-state index >= 15 is 0 Å². The molecule has 1 aliphatic carbocycles. The number of allylic oxidation sites excluding steroid dienone is 1. The van der Waals surface area contributed by atoms with Gasteiger partial charge in [0.25, 0.3) is 0 Å². The molecule has 1 heterocycles. The Morgan fingerprint density at radius 2 is 2.08 bits per heavy atom. The van der Waals surface area contributed by atoms with Crippen LogP contribution in [-0.4, -0.2) is 18.1 Å². The van der Waals surface area contributed by atoms with E-state index in [1.807, 2.05) is 0 Å². The van der Waals surface area contributed by atoms with Crippen LogP contribution in [0, 0.1) is 0 Å². The van der Waals surface area contributed by atoms with Crippen LogP contribution >= 0.6 is 11.8 Å². The highest BCUT2D eigenvalue weighted by molar-refractivity contribution is 8.03. The SMILES string of the molecule is O=C1CCCC/C1=C1\OCCS1. The van der Waals surface area contributed by atoms with Gasteiger partial charge in [-0.3, -0.25) is 4.79 Å². The van der Waals surface area contributed by atoms with Crippen LogP contribution < -0.4 is 0 Å². The summed E-state index contributed by atoms with van der Waals surface area (Å²) in [5, 5.41) is 0.916. The Kier molecular flexibility index (Phi) is 2.40. The Labute approximate surface area is 76.4 Å². The largest absolute Gasteiger partial charge is 0.486 e. The second-order valence-electron chi connectivity index (χ2n) is 3.09. The fourth-order valence-electron chi connectivity index (χ4n) is 1.58. The minimum atomic E-state index is 0.311. The topological polar surface area (TPSA) is 26.3 Å². The molecule has 2 rings (SSSR count). The standard InChI is InChI=1S/C9H12O2S/c10-8-4-2-1-3-7(8)9-11-5-6-12-9/h1-6H2/b9-7-. The molecule has 0 spiro atoms. The molecule has 0 aromatic rings. The van der Waals surface area contributed by atoms with Crippen LogP contribution in [0.4, 0.5) is 0 Å². The number of carbonyl (C=O) groups excluding carboxylic acids is 1. The van der Waals surface area contributed by atoms with Gasteiger partial charge in [0.05, 0.1) is 6.61 Å². The van der Waals surface area contributed by atoms with Crippen molar-refractivity contribution in [3.05, 3.63) is 10.7 Å². The van der Waals surface area contributed by atoms with Gasteiger partial charge in [-0.1, -0.05) is 11.8 Å². The number of Topliss-reactive ketones (excluding diaryl/α,β-unsaturated/α-hetero) is 1. The van der Waals surface area contributed by atoms with E-state index in [0.29, 0.717) is 5.78 Å². The van der Waals surface area contributed by atoms with E-state index in [0.717, 1.165) is 48.7 Å². The van der Waals surface area contributed by atoms with Crippen molar-refractivity contribution in [2.75, 3.05) is 12.4 Å². The first-order chi connectivity index (χ1) is 5.88. The van der Waals surface area contributed by atoms with Gasteiger partial charge in [-0.05, 0) is 19.3 Å². The molecule has 3 heteroatoms. The van der Waals surface area contributed by atoms with E-state index < -0.39 is 0 Å². The lowest BCUT2D eigenvalue weighted by molar-refractivity contribution is -0.116. The van der Waals surface area contributed by atoms with E-state index in [9.17, 15) is 4.79 Å². The summed E-state index contributed by atoms with van der Waals surface area (Å²) >= 11 is 1.69. The molecule has 1 saturated carbocycles. The highest BCUT2D eigenvalue weighted by Crippen LogP contribution is 2.32. The molecule has 2 nitrogen and oxygen atoms in total. The van der Waals surface area contributed by atoms with Crippen molar-refractivity contribution in [1.29, 1.82) is 0 Å². The van der Waals surface area contributed by atoms with Crippen LogP contribution in [0.3, 0.4) is 0 Å². The summed E-state index contributed by atoms with van der Waals surface area (Å²) in [4.78, 5) is 11.4. The van der Waals surface area contributed by atoms with Crippen LogP contribution in [-0.2, 0) is 9.53 Å². The Bertz CT molecular complexity index is 225. The van der Waals surface area contributed by atoms with Gasteiger partial charge in [-0.15, -0.1) is 0 Å². The number of thioether (sulfide) groups is 1. The summed E-state index contributed by atoms with van der Waals surface area (Å²) in [6.07, 6.45) is 3.86. The maximum Gasteiger partial charge on any atom is 0.163 e. The molecule has 1 saturated heterocycles. The number of ketones is 1. The maximum absolute atomic E-state index is 11.4. The fraction of sp³-hybridized carbons (Fsp3) is 0.667. The summed E-state index contributed by atoms with van der Waals surface area (Å²) in [7, 11) is 0. The smallest absolute Gasteiger partial charge is 0.163 e. The molecule has 0 aromatic heterocycles. The van der Waals surface area contributed by atoms with Crippen molar-refractivity contribution in [1.82, 2.24) is 0 Å². The normalized spacial score (nSPS) is 30.5. The van der Waals surface area contributed by atoms with E-state index in [1.165, 1.54) is 0 Å². The summed E-state index contributed by atoms with van der Waals surface area (Å²) in [6, 6.07) is 0. The molecular formula is C9H12O2S. The zero-order valence-corrected chi connectivity index (χ0v) is 7.78. The monoisotopic (exact) mass is 184 g/mol. The molecular weight excluding hydrogens is 172 g/mol. The number of hydrogen-bond donors (Lipinski definition) is 0. The minimum Gasteiger partial charge on any atom is -0.486 e. The van der Waals surface area contributed by atoms with E-state index in [4.69, 9.17) is 4.74 Å². The molecule has 2 fully saturated rings. The van der Waals surface area contributed by atoms with Gasteiger partial charge in [0.2, 0.25) is 0 Å². The zero-order valence-electron chi connectivity index (χ0n) is 6.97. The van der Waals surface area contributed by atoms with Crippen molar-refractivity contribution in [2.45, 2.75) is 25.7 Å². The van der Waals surface area contributed by atoms with Crippen LogP contribution in [0.15, 0.2) is 10.7 Å². The molecule has 0 radical (unpaired) electrons. The van der Waals surface area contributed by atoms with Gasteiger partial charge in [-0.2, -0.15) is 0 Å². The Morgan fingerprint density at radius 1 is 1.25 bits per heavy atom. The van der Waals surface area contributed by atoms with Gasteiger partial charge < -0.3 is 4.74 Å². The highest BCUT2D eigenvalue weighted by atomic mass is 32.2. The first-order valence-corrected chi connectivity index (χ1v) is 5.38. The molecule has 0 atom stereocenters. The molecule has 0 bridgehead atoms. The summed E-state index contributed by atoms with van der Waals surface area (Å²) in [5.41, 5.74) is 0.962. The average Bonchev–Trinajstić information content (AvgIpc) is 2.57. The van der Waals surface area contributed by atoms with E-state index in [2.05, 4.69) is 0 Å². The minimum absolute atomic E-state index is 0.311. The van der Waals surface area contributed by atoms with Gasteiger partial charge in [0.15, 0.2) is 10.9 Å². The molecule has 66 valence electrons. The van der Waals surface area contributed by atoms with E-state index in [-0.39, 0.29) is 0 Å². The summed E-state index contributed by atoms with van der Waals surface area (Å²) in [5.74, 6) is 1.32. The van der Waals surface area contributed by atoms with Crippen LogP contribution in [0.2, 0.25) is 0 Å². The number of carbonyl (C=O) groups is 1. The first kappa shape index (κ1) is 8.17. The third-order valence-electron chi connectivity index (χ3n) is 2.21. The average molecular weight is 184 g/mol. The molecule has 12 heavy (non-hydrogen) atoms. The van der Waals surface area contributed by atoms with Crippen molar-refractivity contribution >= 4 is 17.5 Å². The third-order valence-corrected chi connectivity index (χ3v) is 3.21. The lowest BCUT2D eigenvalue weighted by Crippen LogP contribution is -2.10. The summed E-state index contributed by atoms with van der Waals surface area (Å²) < 4.78 is 5.38. The van der Waals surface area contributed by atoms with Crippen LogP contribution in [0.1, 0.15) is 25.7 Å². The molecule has 1 aliphatic heterocycles. The van der Waals surface area contributed by atoms with Crippen molar-refractivity contribution in [2.24, 2.45) is 0 Å². The van der Waals surface area contributed by atoms with E-state index in [1.54, 1.807) is 11.8 Å². The Morgan fingerprint density at radius 3 is 2.75 bits per heavy atom. The van der Waals surface area contributed by atoms with Gasteiger partial charge >= 0.3 is 0 Å². The Hall–Kier alpha value is -0.440. The van der Waals surface area contributed by atoms with Crippen molar-refractivity contribution in [3.63, 3.8) is 0 Å². The Balaban J connectivity index is 2.18. The number of hydrogen-bond acceptors (Lipinski definition) is 3. The van der Waals surface area contributed by atoms with Crippen LogP contribution in [0.25, 0.3) is 0 Å². The predicted molar refractivity (Wildman–Crippen MR) is 48.9 cm³/mol. The number of ether oxygens (including phenoxy) is 1. The zero-order chi connectivity index (χ0) is 8.39. The van der Waals surface area contributed by atoms with Crippen molar-refractivity contribution in [3.8, 4) is 0 Å². The number of rotatable bonds is 0. The second kappa shape index (κ2) is 3.52. The second-order valence-corrected chi connectivity index (χ2v) is 4.16. The lowest BCUT2D eigenvalue weighted by atomic mass is 9.95. The lowest BCUT2D eigenvalue weighted by Gasteiger charge is -2.13. The first-order valence-electron chi connectivity index (χ1n) is 4.40. The molecule has 2 aliphatic rings. The van der Waals surface area contributed by atoms with Crippen LogP contribution in [0.5, 0.6) is 0 Å².